The minimum Gasteiger partial charge on any atom is -0.496 e. The summed E-state index contributed by atoms with van der Waals surface area (Å²) in [6.07, 6.45) is 7.68. The van der Waals surface area contributed by atoms with Crippen LogP contribution in [-0.4, -0.2) is 36.3 Å². The average molecular weight is 435 g/mol. The van der Waals surface area contributed by atoms with Gasteiger partial charge in [-0.05, 0) is 56.9 Å². The second-order valence-corrected chi connectivity index (χ2v) is 9.19. The van der Waals surface area contributed by atoms with E-state index < -0.39 is 5.60 Å². The third-order valence-electron chi connectivity index (χ3n) is 5.61. The third kappa shape index (κ3) is 6.05. The van der Waals surface area contributed by atoms with Crippen LogP contribution < -0.4 is 10.1 Å². The number of methoxy groups -OCH3 is 1. The molecule has 0 aliphatic carbocycles. The third-order valence-corrected chi connectivity index (χ3v) is 5.61. The number of nitrogens with zero attached hydrogens (tertiary/aromatic N) is 1. The van der Waals surface area contributed by atoms with Crippen molar-refractivity contribution in [3.05, 3.63) is 65.2 Å². The van der Waals surface area contributed by atoms with Crippen molar-refractivity contribution in [1.82, 2.24) is 10.2 Å². The van der Waals surface area contributed by atoms with Gasteiger partial charge in [0.15, 0.2) is 0 Å². The minimum atomic E-state index is -0.538. The summed E-state index contributed by atoms with van der Waals surface area (Å²) in [6, 6.07) is 16.2. The van der Waals surface area contributed by atoms with Crippen LogP contribution in [0.4, 0.5) is 4.79 Å². The quantitative estimate of drug-likeness (QED) is 0.643. The van der Waals surface area contributed by atoms with Gasteiger partial charge >= 0.3 is 6.09 Å². The summed E-state index contributed by atoms with van der Waals surface area (Å²) in [4.78, 5) is 14.9. The number of ether oxygens (including phenoxy) is 2. The molecule has 0 saturated carbocycles. The number of rotatable bonds is 6. The smallest absolute Gasteiger partial charge is 0.410 e. The molecule has 1 N–H and O–H groups in total. The Morgan fingerprint density at radius 3 is 2.62 bits per heavy atom. The normalized spacial score (nSPS) is 18.7. The molecule has 5 heteroatoms. The maximum atomic E-state index is 13.1. The van der Waals surface area contributed by atoms with E-state index in [1.807, 2.05) is 56.0 Å². The number of hydrogen-bond acceptors (Lipinski definition) is 4. The van der Waals surface area contributed by atoms with Gasteiger partial charge in [-0.25, -0.2) is 4.79 Å². The Labute approximate surface area is 192 Å². The van der Waals surface area contributed by atoms with Crippen molar-refractivity contribution in [1.29, 1.82) is 0 Å². The van der Waals surface area contributed by atoms with E-state index in [1.165, 1.54) is 0 Å². The van der Waals surface area contributed by atoms with Crippen LogP contribution >= 0.6 is 0 Å². The Balaban J connectivity index is 1.85. The number of likely N-dealkylation sites (tertiary alicyclic amines) is 1. The van der Waals surface area contributed by atoms with Gasteiger partial charge in [-0.3, -0.25) is 4.90 Å². The number of hydrogen-bond donors (Lipinski definition) is 1. The summed E-state index contributed by atoms with van der Waals surface area (Å²) in [5.41, 5.74) is 2.71. The van der Waals surface area contributed by atoms with Crippen LogP contribution in [0.1, 0.15) is 56.3 Å². The zero-order valence-corrected chi connectivity index (χ0v) is 19.6. The van der Waals surface area contributed by atoms with Crippen LogP contribution in [0, 0.1) is 12.3 Å². The number of piperidine rings is 1. The van der Waals surface area contributed by atoms with Gasteiger partial charge in [0, 0.05) is 31.1 Å². The Kier molecular flexibility index (Phi) is 7.82. The van der Waals surface area contributed by atoms with Crippen LogP contribution in [0.25, 0.3) is 0 Å². The topological polar surface area (TPSA) is 50.8 Å². The molecule has 1 amide bonds. The molecule has 0 bridgehead atoms. The molecular weight excluding hydrogens is 400 g/mol. The molecule has 32 heavy (non-hydrogen) atoms. The SMILES string of the molecule is C#CCc1ccc(OC)c(CN[C@H]2CCCN(C(=O)OC(C)(C)C)[C@H]2c2ccccc2)c1. The van der Waals surface area contributed by atoms with Gasteiger partial charge in [0.05, 0.1) is 13.2 Å². The molecule has 3 rings (SSSR count). The van der Waals surface area contributed by atoms with E-state index in [9.17, 15) is 4.79 Å². The number of nitrogens with one attached hydrogen (secondary N) is 1. The summed E-state index contributed by atoms with van der Waals surface area (Å²) in [5, 5.41) is 3.70. The van der Waals surface area contributed by atoms with Crippen LogP contribution in [0.2, 0.25) is 0 Å². The van der Waals surface area contributed by atoms with E-state index in [0.29, 0.717) is 19.5 Å². The van der Waals surface area contributed by atoms with Crippen LogP contribution in [0.3, 0.4) is 0 Å². The highest BCUT2D eigenvalue weighted by Crippen LogP contribution is 2.33. The molecule has 0 spiro atoms. The number of amides is 1. The molecule has 1 heterocycles. The van der Waals surface area contributed by atoms with E-state index >= 15 is 0 Å². The van der Waals surface area contributed by atoms with Crippen molar-refractivity contribution in [3.8, 4) is 18.1 Å². The first-order chi connectivity index (χ1) is 15.3. The highest BCUT2D eigenvalue weighted by Gasteiger charge is 2.37. The van der Waals surface area contributed by atoms with Gasteiger partial charge in [0.1, 0.15) is 11.4 Å². The van der Waals surface area contributed by atoms with E-state index in [1.54, 1.807) is 7.11 Å². The molecule has 0 aromatic heterocycles. The summed E-state index contributed by atoms with van der Waals surface area (Å²) in [7, 11) is 1.68. The van der Waals surface area contributed by atoms with Crippen molar-refractivity contribution in [2.45, 2.75) is 64.3 Å². The van der Waals surface area contributed by atoms with Crippen LogP contribution in [-0.2, 0) is 17.7 Å². The van der Waals surface area contributed by atoms with E-state index in [0.717, 1.165) is 35.3 Å². The van der Waals surface area contributed by atoms with Crippen molar-refractivity contribution in [3.63, 3.8) is 0 Å². The summed E-state index contributed by atoms with van der Waals surface area (Å²) in [5.74, 6) is 3.53. The highest BCUT2D eigenvalue weighted by atomic mass is 16.6. The second kappa shape index (κ2) is 10.6. The minimum absolute atomic E-state index is 0.0830. The molecule has 1 aliphatic heterocycles. The molecule has 5 nitrogen and oxygen atoms in total. The average Bonchev–Trinajstić information content (AvgIpc) is 2.77. The van der Waals surface area contributed by atoms with Gasteiger partial charge in [0.2, 0.25) is 0 Å². The molecule has 170 valence electrons. The first kappa shape index (κ1) is 23.7. The molecule has 2 atom stereocenters. The van der Waals surface area contributed by atoms with Crippen molar-refractivity contribution in [2.24, 2.45) is 0 Å². The summed E-state index contributed by atoms with van der Waals surface area (Å²) >= 11 is 0. The van der Waals surface area contributed by atoms with Gasteiger partial charge in [-0.1, -0.05) is 36.4 Å². The highest BCUT2D eigenvalue weighted by molar-refractivity contribution is 5.69. The first-order valence-corrected chi connectivity index (χ1v) is 11.2. The van der Waals surface area contributed by atoms with Gasteiger partial charge < -0.3 is 14.8 Å². The fourth-order valence-corrected chi connectivity index (χ4v) is 4.24. The molecular formula is C27H34N2O3. The largest absolute Gasteiger partial charge is 0.496 e. The molecule has 0 unspecified atom stereocenters. The Morgan fingerprint density at radius 2 is 1.97 bits per heavy atom. The molecule has 0 radical (unpaired) electrons. The van der Waals surface area contributed by atoms with Gasteiger partial charge in [-0.15, -0.1) is 12.3 Å². The predicted octanol–water partition coefficient (Wildman–Crippen LogP) is 5.10. The Morgan fingerprint density at radius 1 is 1.22 bits per heavy atom. The van der Waals surface area contributed by atoms with Crippen LogP contribution in [0.5, 0.6) is 5.75 Å². The maximum Gasteiger partial charge on any atom is 0.410 e. The predicted molar refractivity (Wildman–Crippen MR) is 128 cm³/mol. The van der Waals surface area contributed by atoms with E-state index in [4.69, 9.17) is 15.9 Å². The zero-order chi connectivity index (χ0) is 23.1. The Hall–Kier alpha value is -2.97. The molecule has 1 aliphatic rings. The fourth-order valence-electron chi connectivity index (χ4n) is 4.24. The molecule has 2 aromatic carbocycles. The number of carbonyl (C=O) groups excluding carboxylic acids is 1. The lowest BCUT2D eigenvalue weighted by atomic mass is 9.90. The molecule has 1 saturated heterocycles. The van der Waals surface area contributed by atoms with E-state index in [-0.39, 0.29) is 18.2 Å². The maximum absolute atomic E-state index is 13.1. The molecule has 2 aromatic rings. The van der Waals surface area contributed by atoms with E-state index in [2.05, 4.69) is 29.4 Å². The first-order valence-electron chi connectivity index (χ1n) is 11.2. The lowest BCUT2D eigenvalue weighted by molar-refractivity contribution is 0.00380. The number of terminal acetylenes is 1. The fraction of sp³-hybridized carbons (Fsp3) is 0.444. The van der Waals surface area contributed by atoms with Crippen molar-refractivity contribution < 1.29 is 14.3 Å². The van der Waals surface area contributed by atoms with Crippen LogP contribution in [0.15, 0.2) is 48.5 Å². The lowest BCUT2D eigenvalue weighted by Crippen LogP contribution is -2.51. The number of carbonyl (C=O) groups is 1. The summed E-state index contributed by atoms with van der Waals surface area (Å²) < 4.78 is 11.3. The van der Waals surface area contributed by atoms with Gasteiger partial charge in [0.25, 0.3) is 0 Å². The monoisotopic (exact) mass is 434 g/mol. The lowest BCUT2D eigenvalue weighted by Gasteiger charge is -2.42. The number of benzene rings is 2. The molecule has 1 fully saturated rings. The summed E-state index contributed by atoms with van der Waals surface area (Å²) in [6.45, 7) is 7.00. The standard InChI is InChI=1S/C27H34N2O3/c1-6-11-20-15-16-24(31-5)22(18-20)19-28-23-14-10-17-29(26(30)32-27(2,3)4)25(23)21-12-8-7-9-13-21/h1,7-9,12-13,15-16,18,23,25,28H,10-11,14,17,19H2,2-5H3/t23-,25-/m0/s1. The Bertz CT molecular complexity index is 944. The van der Waals surface area contributed by atoms with Gasteiger partial charge in [-0.2, -0.15) is 0 Å². The zero-order valence-electron chi connectivity index (χ0n) is 19.6. The van der Waals surface area contributed by atoms with Crippen molar-refractivity contribution >= 4 is 6.09 Å². The van der Waals surface area contributed by atoms with Crippen molar-refractivity contribution in [2.75, 3.05) is 13.7 Å². The second-order valence-electron chi connectivity index (χ2n) is 9.19.